The topological polar surface area (TPSA) is 68.5 Å². The summed E-state index contributed by atoms with van der Waals surface area (Å²) in [7, 11) is 1.62. The van der Waals surface area contributed by atoms with Crippen LogP contribution in [0.4, 0.5) is 0 Å². The van der Waals surface area contributed by atoms with Gasteiger partial charge in [0.2, 0.25) is 12.3 Å². The number of aromatic nitrogens is 2. The molecule has 1 fully saturated rings. The van der Waals surface area contributed by atoms with Gasteiger partial charge in [-0.3, -0.25) is 4.79 Å². The summed E-state index contributed by atoms with van der Waals surface area (Å²) in [6.45, 7) is 1.47. The van der Waals surface area contributed by atoms with Gasteiger partial charge in [-0.15, -0.1) is 10.2 Å². The van der Waals surface area contributed by atoms with Crippen LogP contribution in [-0.4, -0.2) is 41.7 Å². The first kappa shape index (κ1) is 13.6. The Morgan fingerprint density at radius 1 is 1.29 bits per heavy atom. The normalized spacial score (nSPS) is 16.0. The van der Waals surface area contributed by atoms with E-state index in [1.165, 1.54) is 0 Å². The fourth-order valence-electron chi connectivity index (χ4n) is 2.58. The maximum absolute atomic E-state index is 10.7. The minimum Gasteiger partial charge on any atom is -0.496 e. The Morgan fingerprint density at radius 3 is 2.76 bits per heavy atom. The summed E-state index contributed by atoms with van der Waals surface area (Å²) < 4.78 is 11.1. The van der Waals surface area contributed by atoms with Crippen LogP contribution in [0.2, 0.25) is 0 Å². The molecule has 0 spiro atoms. The third-order valence-electron chi connectivity index (χ3n) is 3.81. The maximum atomic E-state index is 10.7. The lowest BCUT2D eigenvalue weighted by Gasteiger charge is -2.26. The fourth-order valence-corrected chi connectivity index (χ4v) is 2.58. The molecule has 1 saturated heterocycles. The molecule has 6 nitrogen and oxygen atoms in total. The average molecular weight is 287 g/mol. The fraction of sp³-hybridized carbons (Fsp3) is 0.400. The van der Waals surface area contributed by atoms with Gasteiger partial charge in [0.25, 0.3) is 5.89 Å². The van der Waals surface area contributed by atoms with Gasteiger partial charge in [0.1, 0.15) is 5.75 Å². The molecule has 2 heterocycles. The van der Waals surface area contributed by atoms with E-state index in [2.05, 4.69) is 10.2 Å². The number of ether oxygens (including phenoxy) is 1. The van der Waals surface area contributed by atoms with Crippen molar-refractivity contribution in [3.05, 3.63) is 30.2 Å². The van der Waals surface area contributed by atoms with E-state index in [1.807, 2.05) is 24.3 Å². The van der Waals surface area contributed by atoms with Gasteiger partial charge < -0.3 is 14.1 Å². The number of carbonyl (C=O) groups excluding carboxylic acids is 1. The Balaban J connectivity index is 1.79. The number of likely N-dealkylation sites (tertiary alicyclic amines) is 1. The molecule has 1 amide bonds. The molecule has 0 bridgehead atoms. The molecule has 6 heteroatoms. The van der Waals surface area contributed by atoms with Crippen LogP contribution in [0.1, 0.15) is 24.7 Å². The molecule has 0 aliphatic carbocycles. The zero-order valence-corrected chi connectivity index (χ0v) is 11.9. The van der Waals surface area contributed by atoms with Gasteiger partial charge in [-0.25, -0.2) is 0 Å². The van der Waals surface area contributed by atoms with E-state index in [-0.39, 0.29) is 5.92 Å². The van der Waals surface area contributed by atoms with Gasteiger partial charge >= 0.3 is 0 Å². The number of para-hydroxylation sites is 1. The summed E-state index contributed by atoms with van der Waals surface area (Å²) >= 11 is 0. The summed E-state index contributed by atoms with van der Waals surface area (Å²) in [6.07, 6.45) is 2.60. The Bertz CT molecular complexity index is 618. The lowest BCUT2D eigenvalue weighted by molar-refractivity contribution is -0.119. The van der Waals surface area contributed by atoms with E-state index in [0.29, 0.717) is 17.5 Å². The van der Waals surface area contributed by atoms with Crippen molar-refractivity contribution >= 4 is 6.41 Å². The molecule has 21 heavy (non-hydrogen) atoms. The van der Waals surface area contributed by atoms with Crippen molar-refractivity contribution in [2.24, 2.45) is 0 Å². The molecule has 0 unspecified atom stereocenters. The second-order valence-corrected chi connectivity index (χ2v) is 5.06. The van der Waals surface area contributed by atoms with Gasteiger partial charge in [0.15, 0.2) is 0 Å². The second kappa shape index (κ2) is 5.95. The quantitative estimate of drug-likeness (QED) is 0.805. The zero-order valence-electron chi connectivity index (χ0n) is 11.9. The highest BCUT2D eigenvalue weighted by Crippen LogP contribution is 2.32. The van der Waals surface area contributed by atoms with Gasteiger partial charge in [-0.2, -0.15) is 0 Å². The number of methoxy groups -OCH3 is 1. The predicted octanol–water partition coefficient (Wildman–Crippen LogP) is 2.08. The van der Waals surface area contributed by atoms with E-state index in [1.54, 1.807) is 12.0 Å². The van der Waals surface area contributed by atoms with Gasteiger partial charge in [0, 0.05) is 19.0 Å². The molecule has 1 aromatic carbocycles. The number of hydrogen-bond donors (Lipinski definition) is 0. The highest BCUT2D eigenvalue weighted by Gasteiger charge is 2.25. The van der Waals surface area contributed by atoms with Crippen molar-refractivity contribution < 1.29 is 13.9 Å². The highest BCUT2D eigenvalue weighted by atomic mass is 16.5. The molecule has 1 aliphatic rings. The largest absolute Gasteiger partial charge is 0.496 e. The Hall–Kier alpha value is -2.37. The van der Waals surface area contributed by atoms with E-state index >= 15 is 0 Å². The summed E-state index contributed by atoms with van der Waals surface area (Å²) in [4.78, 5) is 12.5. The molecule has 3 rings (SSSR count). The maximum Gasteiger partial charge on any atom is 0.251 e. The standard InChI is InChI=1S/C15H17N3O3/c1-20-13-5-3-2-4-12(13)15-17-16-14(21-15)11-6-8-18(10-19)9-7-11/h2-5,10-11H,6-9H2,1H3. The molecule has 1 aromatic heterocycles. The number of nitrogens with zero attached hydrogens (tertiary/aromatic N) is 3. The molecule has 0 radical (unpaired) electrons. The van der Waals surface area contributed by atoms with Crippen molar-refractivity contribution in [2.45, 2.75) is 18.8 Å². The molecule has 0 atom stereocenters. The molecular weight excluding hydrogens is 270 g/mol. The molecular formula is C15H17N3O3. The zero-order chi connectivity index (χ0) is 14.7. The Labute approximate surface area is 122 Å². The number of hydrogen-bond acceptors (Lipinski definition) is 5. The molecule has 0 saturated carbocycles. The first-order valence-corrected chi connectivity index (χ1v) is 6.98. The SMILES string of the molecule is COc1ccccc1-c1nnc(C2CCN(C=O)CC2)o1. The van der Waals surface area contributed by atoms with Crippen molar-refractivity contribution in [1.29, 1.82) is 0 Å². The number of amides is 1. The third-order valence-corrected chi connectivity index (χ3v) is 3.81. The van der Waals surface area contributed by atoms with E-state index in [4.69, 9.17) is 9.15 Å². The van der Waals surface area contributed by atoms with Crippen molar-refractivity contribution in [2.75, 3.05) is 20.2 Å². The lowest BCUT2D eigenvalue weighted by atomic mass is 9.97. The van der Waals surface area contributed by atoms with Crippen molar-refractivity contribution in [3.63, 3.8) is 0 Å². The minimum absolute atomic E-state index is 0.220. The Kier molecular flexibility index (Phi) is 3.85. The summed E-state index contributed by atoms with van der Waals surface area (Å²) in [6, 6.07) is 7.56. The smallest absolute Gasteiger partial charge is 0.251 e. The minimum atomic E-state index is 0.220. The van der Waals surface area contributed by atoms with Gasteiger partial charge in [-0.05, 0) is 25.0 Å². The van der Waals surface area contributed by atoms with E-state index < -0.39 is 0 Å². The van der Waals surface area contributed by atoms with Crippen LogP contribution < -0.4 is 4.74 Å². The van der Waals surface area contributed by atoms with Crippen LogP contribution in [0.3, 0.4) is 0 Å². The number of benzene rings is 1. The van der Waals surface area contributed by atoms with Gasteiger partial charge in [0.05, 0.1) is 12.7 Å². The first-order valence-electron chi connectivity index (χ1n) is 6.98. The van der Waals surface area contributed by atoms with Crippen molar-refractivity contribution in [3.8, 4) is 17.2 Å². The average Bonchev–Trinajstić information content (AvgIpc) is 3.04. The highest BCUT2D eigenvalue weighted by molar-refractivity contribution is 5.62. The van der Waals surface area contributed by atoms with Crippen LogP contribution >= 0.6 is 0 Å². The van der Waals surface area contributed by atoms with Gasteiger partial charge in [-0.1, -0.05) is 12.1 Å². The predicted molar refractivity (Wildman–Crippen MR) is 75.9 cm³/mol. The summed E-state index contributed by atoms with van der Waals surface area (Å²) in [5, 5.41) is 8.29. The van der Waals surface area contributed by atoms with Crippen LogP contribution in [-0.2, 0) is 4.79 Å². The van der Waals surface area contributed by atoms with Crippen LogP contribution in [0.5, 0.6) is 5.75 Å². The monoisotopic (exact) mass is 287 g/mol. The Morgan fingerprint density at radius 2 is 2.05 bits per heavy atom. The second-order valence-electron chi connectivity index (χ2n) is 5.06. The van der Waals surface area contributed by atoms with Crippen LogP contribution in [0, 0.1) is 0 Å². The van der Waals surface area contributed by atoms with Crippen molar-refractivity contribution in [1.82, 2.24) is 15.1 Å². The molecule has 110 valence electrons. The number of rotatable bonds is 4. The number of piperidine rings is 1. The van der Waals surface area contributed by atoms with Crippen LogP contribution in [0.15, 0.2) is 28.7 Å². The molecule has 0 N–H and O–H groups in total. The van der Waals surface area contributed by atoms with E-state index in [0.717, 1.165) is 37.9 Å². The third kappa shape index (κ3) is 2.74. The number of carbonyl (C=O) groups is 1. The molecule has 1 aliphatic heterocycles. The lowest BCUT2D eigenvalue weighted by Crippen LogP contribution is -2.31. The van der Waals surface area contributed by atoms with E-state index in [9.17, 15) is 4.79 Å². The van der Waals surface area contributed by atoms with Crippen LogP contribution in [0.25, 0.3) is 11.5 Å². The molecule has 2 aromatic rings. The first-order chi connectivity index (χ1) is 10.3. The summed E-state index contributed by atoms with van der Waals surface area (Å²) in [5.74, 6) is 2.04. The summed E-state index contributed by atoms with van der Waals surface area (Å²) in [5.41, 5.74) is 0.795.